The van der Waals surface area contributed by atoms with Gasteiger partial charge in [0.25, 0.3) is 0 Å². The Bertz CT molecular complexity index is 268. The van der Waals surface area contributed by atoms with Crippen LogP contribution in [0.25, 0.3) is 0 Å². The van der Waals surface area contributed by atoms with Gasteiger partial charge in [-0.25, -0.2) is 0 Å². The number of Topliss-reactive ketones (excluding diaryl/α,β-unsaturated/α-hetero) is 1. The number of aliphatic hydroxyl groups is 1. The molecule has 0 aromatic heterocycles. The number of aliphatic hydroxyl groups excluding tert-OH is 1. The molecule has 0 saturated carbocycles. The molecule has 0 unspecified atom stereocenters. The fourth-order valence-corrected chi connectivity index (χ4v) is 2.48. The van der Waals surface area contributed by atoms with Crippen LogP contribution in [0.3, 0.4) is 0 Å². The lowest BCUT2D eigenvalue weighted by Crippen LogP contribution is -2.19. The first kappa shape index (κ1) is 14.4. The van der Waals surface area contributed by atoms with Crippen molar-refractivity contribution in [3.05, 3.63) is 11.6 Å². The van der Waals surface area contributed by atoms with Gasteiger partial charge in [0.2, 0.25) is 0 Å². The van der Waals surface area contributed by atoms with Gasteiger partial charge in [-0.05, 0) is 38.2 Å². The van der Waals surface area contributed by atoms with Gasteiger partial charge >= 0.3 is 0 Å². The first-order valence-electron chi connectivity index (χ1n) is 7.02. The molecule has 1 aliphatic carbocycles. The summed E-state index contributed by atoms with van der Waals surface area (Å²) in [5.41, 5.74) is 1.17. The topological polar surface area (TPSA) is 37.3 Å². The summed E-state index contributed by atoms with van der Waals surface area (Å²) in [5.74, 6) is 0.490. The van der Waals surface area contributed by atoms with E-state index in [1.807, 2.05) is 0 Å². The van der Waals surface area contributed by atoms with E-state index in [-0.39, 0.29) is 17.8 Å². The van der Waals surface area contributed by atoms with Crippen LogP contribution >= 0.6 is 0 Å². The predicted molar refractivity (Wildman–Crippen MR) is 70.9 cm³/mol. The monoisotopic (exact) mass is 238 g/mol. The third-order valence-corrected chi connectivity index (χ3v) is 3.78. The summed E-state index contributed by atoms with van der Waals surface area (Å²) in [6.07, 6.45) is 10.2. The van der Waals surface area contributed by atoms with Crippen molar-refractivity contribution in [2.75, 3.05) is 0 Å². The highest BCUT2D eigenvalue weighted by molar-refractivity contribution is 5.78. The van der Waals surface area contributed by atoms with Crippen molar-refractivity contribution in [1.82, 2.24) is 0 Å². The fraction of sp³-hybridized carbons (Fsp3) is 0.800. The number of carbonyl (C=O) groups is 1. The molecule has 0 aliphatic heterocycles. The van der Waals surface area contributed by atoms with Crippen molar-refractivity contribution < 1.29 is 9.90 Å². The van der Waals surface area contributed by atoms with Gasteiger partial charge in [-0.2, -0.15) is 0 Å². The molecule has 1 rings (SSSR count). The van der Waals surface area contributed by atoms with E-state index in [1.54, 1.807) is 6.92 Å². The van der Waals surface area contributed by atoms with Crippen molar-refractivity contribution in [3.63, 3.8) is 0 Å². The molecular weight excluding hydrogens is 212 g/mol. The van der Waals surface area contributed by atoms with E-state index in [2.05, 4.69) is 13.0 Å². The predicted octanol–water partition coefficient (Wildman–Crippen LogP) is 3.63. The molecule has 2 atom stereocenters. The summed E-state index contributed by atoms with van der Waals surface area (Å²) in [5, 5.41) is 10.0. The van der Waals surface area contributed by atoms with E-state index in [1.165, 1.54) is 24.8 Å². The number of hydrogen-bond donors (Lipinski definition) is 1. The number of ketones is 1. The normalized spacial score (nSPS) is 22.1. The minimum absolute atomic E-state index is 0.200. The van der Waals surface area contributed by atoms with Crippen LogP contribution in [0.4, 0.5) is 0 Å². The number of rotatable bonds is 7. The van der Waals surface area contributed by atoms with Crippen LogP contribution in [-0.4, -0.2) is 17.0 Å². The van der Waals surface area contributed by atoms with E-state index in [9.17, 15) is 9.90 Å². The highest BCUT2D eigenvalue weighted by atomic mass is 16.3. The molecule has 2 nitrogen and oxygen atoms in total. The molecule has 0 fully saturated rings. The van der Waals surface area contributed by atoms with Crippen molar-refractivity contribution in [1.29, 1.82) is 0 Å². The van der Waals surface area contributed by atoms with Crippen molar-refractivity contribution in [3.8, 4) is 0 Å². The van der Waals surface area contributed by atoms with Crippen LogP contribution in [0.15, 0.2) is 11.6 Å². The molecule has 98 valence electrons. The lowest BCUT2D eigenvalue weighted by Gasteiger charge is -2.23. The van der Waals surface area contributed by atoms with Crippen LogP contribution in [0, 0.1) is 5.92 Å². The van der Waals surface area contributed by atoms with Gasteiger partial charge in [0.05, 0.1) is 6.10 Å². The number of hydrogen-bond acceptors (Lipinski definition) is 2. The third-order valence-electron chi connectivity index (χ3n) is 3.78. The molecule has 0 radical (unpaired) electrons. The summed E-state index contributed by atoms with van der Waals surface area (Å²) in [4.78, 5) is 11.2. The van der Waals surface area contributed by atoms with Crippen LogP contribution in [0.5, 0.6) is 0 Å². The second kappa shape index (κ2) is 7.65. The zero-order valence-corrected chi connectivity index (χ0v) is 11.2. The first-order chi connectivity index (χ1) is 8.15. The van der Waals surface area contributed by atoms with Crippen molar-refractivity contribution in [2.24, 2.45) is 5.92 Å². The average Bonchev–Trinajstić information content (AvgIpc) is 2.34. The standard InChI is InChI=1S/C15H26O2/c1-3-4-5-6-7-15(17)14-10-8-13(9-11-14)12(2)16/h10,13,15,17H,3-9,11H2,1-2H3/t13-,15-/m1/s1. The van der Waals surface area contributed by atoms with E-state index in [0.29, 0.717) is 0 Å². The van der Waals surface area contributed by atoms with Crippen LogP contribution in [-0.2, 0) is 4.79 Å². The van der Waals surface area contributed by atoms with Gasteiger partial charge in [-0.1, -0.05) is 38.7 Å². The Morgan fingerprint density at radius 3 is 2.76 bits per heavy atom. The van der Waals surface area contributed by atoms with Gasteiger partial charge in [0.1, 0.15) is 5.78 Å². The maximum absolute atomic E-state index is 11.2. The highest BCUT2D eigenvalue weighted by Crippen LogP contribution is 2.27. The van der Waals surface area contributed by atoms with Crippen molar-refractivity contribution >= 4 is 5.78 Å². The Morgan fingerprint density at radius 2 is 2.24 bits per heavy atom. The Hall–Kier alpha value is -0.630. The molecule has 0 amide bonds. The average molecular weight is 238 g/mol. The summed E-state index contributed by atoms with van der Waals surface area (Å²) >= 11 is 0. The molecule has 0 saturated heterocycles. The molecule has 0 spiro atoms. The molecule has 0 heterocycles. The summed E-state index contributed by atoms with van der Waals surface area (Å²) in [6.45, 7) is 3.87. The van der Waals surface area contributed by atoms with Crippen LogP contribution in [0.2, 0.25) is 0 Å². The molecule has 17 heavy (non-hydrogen) atoms. The Morgan fingerprint density at radius 1 is 1.47 bits per heavy atom. The molecular formula is C15H26O2. The third kappa shape index (κ3) is 5.03. The van der Waals surface area contributed by atoms with Gasteiger partial charge in [0, 0.05) is 5.92 Å². The fourth-order valence-electron chi connectivity index (χ4n) is 2.48. The van der Waals surface area contributed by atoms with Crippen LogP contribution in [0.1, 0.15) is 65.2 Å². The Labute approximate surface area is 105 Å². The second-order valence-corrected chi connectivity index (χ2v) is 5.23. The summed E-state index contributed by atoms with van der Waals surface area (Å²) in [6, 6.07) is 0. The van der Waals surface area contributed by atoms with Gasteiger partial charge < -0.3 is 5.11 Å². The zero-order valence-electron chi connectivity index (χ0n) is 11.2. The minimum Gasteiger partial charge on any atom is -0.389 e. The molecule has 0 aromatic carbocycles. The number of unbranched alkanes of at least 4 members (excludes halogenated alkanes) is 3. The maximum atomic E-state index is 11.2. The zero-order chi connectivity index (χ0) is 12.7. The SMILES string of the molecule is CCCCCC[C@@H](O)C1=CC[C@@H](C(C)=O)CC1. The number of allylic oxidation sites excluding steroid dienone is 1. The van der Waals surface area contributed by atoms with Gasteiger partial charge in [0.15, 0.2) is 0 Å². The van der Waals surface area contributed by atoms with Gasteiger partial charge in [-0.15, -0.1) is 0 Å². The Balaban J connectivity index is 2.28. The molecule has 0 aromatic rings. The largest absolute Gasteiger partial charge is 0.389 e. The van der Waals surface area contributed by atoms with E-state index in [4.69, 9.17) is 0 Å². The van der Waals surface area contributed by atoms with E-state index < -0.39 is 0 Å². The smallest absolute Gasteiger partial charge is 0.133 e. The quantitative estimate of drug-likeness (QED) is 0.543. The van der Waals surface area contributed by atoms with Crippen LogP contribution < -0.4 is 0 Å². The molecule has 1 N–H and O–H groups in total. The van der Waals surface area contributed by atoms with Crippen molar-refractivity contribution in [2.45, 2.75) is 71.3 Å². The highest BCUT2D eigenvalue weighted by Gasteiger charge is 2.21. The molecule has 0 bridgehead atoms. The second-order valence-electron chi connectivity index (χ2n) is 5.23. The number of carbonyl (C=O) groups excluding carboxylic acids is 1. The van der Waals surface area contributed by atoms with E-state index in [0.717, 1.165) is 32.1 Å². The lowest BCUT2D eigenvalue weighted by molar-refractivity contribution is -0.120. The maximum Gasteiger partial charge on any atom is 0.133 e. The molecule has 2 heteroatoms. The Kier molecular flexibility index (Phi) is 6.49. The first-order valence-corrected chi connectivity index (χ1v) is 7.02. The summed E-state index contributed by atoms with van der Waals surface area (Å²) in [7, 11) is 0. The van der Waals surface area contributed by atoms with E-state index >= 15 is 0 Å². The van der Waals surface area contributed by atoms with Gasteiger partial charge in [-0.3, -0.25) is 4.79 Å². The molecule has 1 aliphatic rings. The lowest BCUT2D eigenvalue weighted by atomic mass is 9.84. The summed E-state index contributed by atoms with van der Waals surface area (Å²) < 4.78 is 0. The minimum atomic E-state index is -0.264.